The molecule has 0 aromatic rings. The molecule has 82 heavy (non-hydrogen) atoms. The van der Waals surface area contributed by atoms with Crippen molar-refractivity contribution in [2.75, 3.05) is 13.2 Å². The SMILES string of the molecule is CCCCCCCCCCCCCCCC/C=C/CC/C=C/C(O)C(COC1OC(CO)C(O)C(O)C1O)NC(=O)CCCCCCCCCCCCCCCCCCC/C=C\CCCCCCCCCCCCCCCCCCCC. The molecule has 6 N–H and O–H groups in total. The summed E-state index contributed by atoms with van der Waals surface area (Å²) >= 11 is 0. The molecule has 1 fully saturated rings. The standard InChI is InChI=1S/C73H139NO8/c1-3-5-7-9-11-13-15-17-19-21-23-25-26-27-28-29-30-31-32-33-34-35-36-37-38-39-40-41-42-43-45-47-49-51-53-55-57-59-61-63-69(77)74-66(65-81-73-72(80)71(79)70(78)68(64-75)82-73)67(76)62-60-58-56-54-52-50-48-46-44-24-22-20-18-16-14-12-10-8-6-4-2/h33-34,52,54,60,62,66-68,70-73,75-76,78-80H,3-32,35-51,53,55-59,61,63-65H2,1-2H3,(H,74,77)/b34-33-,54-52+,62-60+. The van der Waals surface area contributed by atoms with E-state index in [0.717, 1.165) is 38.5 Å². The first kappa shape index (κ1) is 78.4. The number of carbonyl (C=O) groups excluding carboxylic acids is 1. The van der Waals surface area contributed by atoms with Gasteiger partial charge in [-0.15, -0.1) is 0 Å². The highest BCUT2D eigenvalue weighted by Crippen LogP contribution is 2.23. The molecule has 1 aliphatic rings. The third-order valence-corrected chi connectivity index (χ3v) is 17.4. The number of rotatable bonds is 64. The number of aliphatic hydroxyl groups is 5. The lowest BCUT2D eigenvalue weighted by molar-refractivity contribution is -0.302. The highest BCUT2D eigenvalue weighted by atomic mass is 16.7. The topological polar surface area (TPSA) is 149 Å². The second-order valence-electron chi connectivity index (χ2n) is 25.4. The van der Waals surface area contributed by atoms with Crippen molar-refractivity contribution in [1.82, 2.24) is 5.32 Å². The maximum Gasteiger partial charge on any atom is 0.220 e. The molecular weight excluding hydrogens is 1020 g/mol. The van der Waals surface area contributed by atoms with Gasteiger partial charge in [-0.05, 0) is 57.8 Å². The van der Waals surface area contributed by atoms with E-state index in [4.69, 9.17) is 9.47 Å². The fraction of sp³-hybridized carbons (Fsp3) is 0.904. The van der Waals surface area contributed by atoms with Crippen molar-refractivity contribution >= 4 is 5.91 Å². The molecule has 1 aliphatic heterocycles. The van der Waals surface area contributed by atoms with Crippen LogP contribution >= 0.6 is 0 Å². The number of unbranched alkanes of at least 4 members (excludes halogenated alkanes) is 50. The smallest absolute Gasteiger partial charge is 0.220 e. The van der Waals surface area contributed by atoms with Gasteiger partial charge < -0.3 is 40.3 Å². The largest absolute Gasteiger partial charge is 0.394 e. The molecule has 1 amide bonds. The van der Waals surface area contributed by atoms with Gasteiger partial charge in [0.1, 0.15) is 24.4 Å². The molecule has 1 rings (SSSR count). The molecule has 9 heteroatoms. The van der Waals surface area contributed by atoms with Crippen molar-refractivity contribution in [3.63, 3.8) is 0 Å². The van der Waals surface area contributed by atoms with Crippen LogP contribution in [0.4, 0.5) is 0 Å². The van der Waals surface area contributed by atoms with Crippen LogP contribution in [0.25, 0.3) is 0 Å². The van der Waals surface area contributed by atoms with Crippen LogP contribution in [0.1, 0.15) is 367 Å². The third-order valence-electron chi connectivity index (χ3n) is 17.4. The third kappa shape index (κ3) is 50.6. The Morgan fingerprint density at radius 1 is 0.402 bits per heavy atom. The minimum Gasteiger partial charge on any atom is -0.394 e. The molecule has 0 saturated carbocycles. The number of hydrogen-bond donors (Lipinski definition) is 6. The molecule has 0 bridgehead atoms. The Morgan fingerprint density at radius 3 is 1.02 bits per heavy atom. The molecule has 9 nitrogen and oxygen atoms in total. The Morgan fingerprint density at radius 2 is 0.695 bits per heavy atom. The van der Waals surface area contributed by atoms with E-state index >= 15 is 0 Å². The molecule has 1 saturated heterocycles. The van der Waals surface area contributed by atoms with Crippen LogP contribution in [-0.4, -0.2) is 87.5 Å². The van der Waals surface area contributed by atoms with Gasteiger partial charge in [0.05, 0.1) is 25.4 Å². The van der Waals surface area contributed by atoms with E-state index in [2.05, 4.69) is 43.5 Å². The van der Waals surface area contributed by atoms with Crippen molar-refractivity contribution in [2.45, 2.75) is 410 Å². The Bertz CT molecular complexity index is 1390. The fourth-order valence-electron chi connectivity index (χ4n) is 11.8. The summed E-state index contributed by atoms with van der Waals surface area (Å²) in [6.07, 6.45) is 77.1. The molecule has 0 aromatic carbocycles. The average Bonchev–Trinajstić information content (AvgIpc) is 3.57. The Hall–Kier alpha value is -1.59. The Kier molecular flexibility index (Phi) is 59.7. The normalized spacial score (nSPS) is 18.5. The van der Waals surface area contributed by atoms with E-state index in [1.807, 2.05) is 6.08 Å². The number of allylic oxidation sites excluding steroid dienone is 5. The lowest BCUT2D eigenvalue weighted by Crippen LogP contribution is -2.60. The summed E-state index contributed by atoms with van der Waals surface area (Å²) in [5.74, 6) is -0.180. The van der Waals surface area contributed by atoms with Crippen molar-refractivity contribution in [2.24, 2.45) is 0 Å². The van der Waals surface area contributed by atoms with E-state index in [-0.39, 0.29) is 12.5 Å². The minimum atomic E-state index is -1.57. The average molecular weight is 1160 g/mol. The molecule has 1 heterocycles. The number of aliphatic hydroxyl groups excluding tert-OH is 5. The van der Waals surface area contributed by atoms with Crippen molar-refractivity contribution < 1.29 is 39.8 Å². The molecule has 0 radical (unpaired) electrons. The zero-order valence-electron chi connectivity index (χ0n) is 54.3. The van der Waals surface area contributed by atoms with E-state index in [1.165, 1.54) is 308 Å². The monoisotopic (exact) mass is 1160 g/mol. The van der Waals surface area contributed by atoms with Crippen LogP contribution in [0.3, 0.4) is 0 Å². The fourth-order valence-corrected chi connectivity index (χ4v) is 11.8. The summed E-state index contributed by atoms with van der Waals surface area (Å²) in [5.41, 5.74) is 0. The maximum absolute atomic E-state index is 13.1. The van der Waals surface area contributed by atoms with Crippen LogP contribution in [0, 0.1) is 0 Å². The van der Waals surface area contributed by atoms with Gasteiger partial charge in [0, 0.05) is 6.42 Å². The van der Waals surface area contributed by atoms with Crippen LogP contribution < -0.4 is 5.32 Å². The number of ether oxygens (including phenoxy) is 2. The predicted octanol–water partition coefficient (Wildman–Crippen LogP) is 19.8. The zero-order valence-corrected chi connectivity index (χ0v) is 54.3. The first-order valence-electron chi connectivity index (χ1n) is 36.2. The summed E-state index contributed by atoms with van der Waals surface area (Å²) < 4.78 is 11.3. The van der Waals surface area contributed by atoms with Crippen molar-refractivity contribution in [3.8, 4) is 0 Å². The van der Waals surface area contributed by atoms with Gasteiger partial charge in [0.2, 0.25) is 5.91 Å². The Balaban J connectivity index is 2.06. The zero-order chi connectivity index (χ0) is 59.3. The van der Waals surface area contributed by atoms with E-state index in [9.17, 15) is 30.3 Å². The van der Waals surface area contributed by atoms with Gasteiger partial charge in [-0.2, -0.15) is 0 Å². The van der Waals surface area contributed by atoms with Gasteiger partial charge in [0.25, 0.3) is 0 Å². The van der Waals surface area contributed by atoms with Crippen molar-refractivity contribution in [3.05, 3.63) is 36.5 Å². The second-order valence-corrected chi connectivity index (χ2v) is 25.4. The number of nitrogens with one attached hydrogen (secondary N) is 1. The van der Waals surface area contributed by atoms with Crippen molar-refractivity contribution in [1.29, 1.82) is 0 Å². The van der Waals surface area contributed by atoms with Gasteiger partial charge in [-0.25, -0.2) is 0 Å². The summed E-state index contributed by atoms with van der Waals surface area (Å²) in [6, 6.07) is -0.822. The first-order chi connectivity index (χ1) is 40.3. The maximum atomic E-state index is 13.1. The highest BCUT2D eigenvalue weighted by molar-refractivity contribution is 5.76. The molecule has 0 aromatic heterocycles. The molecule has 0 spiro atoms. The highest BCUT2D eigenvalue weighted by Gasteiger charge is 2.44. The number of hydrogen-bond acceptors (Lipinski definition) is 8. The molecule has 7 unspecified atom stereocenters. The van der Waals surface area contributed by atoms with Crippen LogP contribution in [0.15, 0.2) is 36.5 Å². The molecule has 484 valence electrons. The summed E-state index contributed by atoms with van der Waals surface area (Å²) in [6.45, 7) is 3.81. The quantitative estimate of drug-likeness (QED) is 0.0261. The lowest BCUT2D eigenvalue weighted by Gasteiger charge is -2.40. The van der Waals surface area contributed by atoms with Gasteiger partial charge >= 0.3 is 0 Å². The van der Waals surface area contributed by atoms with Gasteiger partial charge in [-0.3, -0.25) is 4.79 Å². The second kappa shape index (κ2) is 62.5. The molecule has 7 atom stereocenters. The van der Waals surface area contributed by atoms with Gasteiger partial charge in [-0.1, -0.05) is 339 Å². The Labute approximate surface area is 508 Å². The van der Waals surface area contributed by atoms with Crippen LogP contribution in [0.5, 0.6) is 0 Å². The van der Waals surface area contributed by atoms with E-state index < -0.39 is 49.5 Å². The summed E-state index contributed by atoms with van der Waals surface area (Å²) in [7, 11) is 0. The summed E-state index contributed by atoms with van der Waals surface area (Å²) in [5, 5.41) is 54.7. The minimum absolute atomic E-state index is 0.180. The van der Waals surface area contributed by atoms with E-state index in [0.29, 0.717) is 6.42 Å². The predicted molar refractivity (Wildman–Crippen MR) is 350 cm³/mol. The molecule has 0 aliphatic carbocycles. The summed E-state index contributed by atoms with van der Waals surface area (Å²) in [4.78, 5) is 13.1. The number of carbonyl (C=O) groups is 1. The van der Waals surface area contributed by atoms with E-state index in [1.54, 1.807) is 6.08 Å². The lowest BCUT2D eigenvalue weighted by atomic mass is 9.99. The number of amides is 1. The van der Waals surface area contributed by atoms with Gasteiger partial charge in [0.15, 0.2) is 6.29 Å². The van der Waals surface area contributed by atoms with Crippen LogP contribution in [0.2, 0.25) is 0 Å². The molecular formula is C73H139NO8. The van der Waals surface area contributed by atoms with Crippen LogP contribution in [-0.2, 0) is 14.3 Å². The first-order valence-corrected chi connectivity index (χ1v) is 36.2.